The van der Waals surface area contributed by atoms with Crippen LogP contribution in [0.25, 0.3) is 10.2 Å². The molecule has 0 amide bonds. The molecular formula is C14H19ClN2S. The Morgan fingerprint density at radius 3 is 3.00 bits per heavy atom. The van der Waals surface area contributed by atoms with Crippen molar-refractivity contribution in [3.63, 3.8) is 0 Å². The van der Waals surface area contributed by atoms with Crippen molar-refractivity contribution in [2.24, 2.45) is 0 Å². The zero-order chi connectivity index (χ0) is 13.0. The van der Waals surface area contributed by atoms with Gasteiger partial charge in [0.05, 0.1) is 10.2 Å². The fraction of sp³-hybridized carbons (Fsp3) is 0.500. The summed E-state index contributed by atoms with van der Waals surface area (Å²) >= 11 is 7.66. The van der Waals surface area contributed by atoms with Gasteiger partial charge in [-0.05, 0) is 31.5 Å². The molecule has 1 N–H and O–H groups in total. The minimum Gasteiger partial charge on any atom is -0.359 e. The Labute approximate surface area is 117 Å². The van der Waals surface area contributed by atoms with E-state index in [4.69, 9.17) is 11.6 Å². The van der Waals surface area contributed by atoms with Gasteiger partial charge in [0.2, 0.25) is 0 Å². The summed E-state index contributed by atoms with van der Waals surface area (Å²) in [6.45, 7) is 4.45. The van der Waals surface area contributed by atoms with Crippen LogP contribution in [0.15, 0.2) is 18.2 Å². The second kappa shape index (κ2) is 6.39. The summed E-state index contributed by atoms with van der Waals surface area (Å²) in [6, 6.07) is 6.34. The van der Waals surface area contributed by atoms with Crippen LogP contribution in [0.3, 0.4) is 0 Å². The summed E-state index contributed by atoms with van der Waals surface area (Å²) in [5, 5.41) is 5.22. The van der Waals surface area contributed by atoms with Crippen molar-refractivity contribution in [3.8, 4) is 0 Å². The van der Waals surface area contributed by atoms with E-state index < -0.39 is 0 Å². The van der Waals surface area contributed by atoms with E-state index in [1.807, 2.05) is 18.2 Å². The fourth-order valence-electron chi connectivity index (χ4n) is 1.95. The number of thiazole rings is 1. The van der Waals surface area contributed by atoms with Gasteiger partial charge in [-0.2, -0.15) is 0 Å². The van der Waals surface area contributed by atoms with Crippen molar-refractivity contribution >= 4 is 38.3 Å². The highest BCUT2D eigenvalue weighted by molar-refractivity contribution is 7.22. The molecule has 0 aliphatic heterocycles. The lowest BCUT2D eigenvalue weighted by Gasteiger charge is -2.11. The van der Waals surface area contributed by atoms with Crippen LogP contribution in [-0.4, -0.2) is 11.0 Å². The molecule has 0 saturated heterocycles. The molecule has 1 atom stereocenters. The molecule has 4 heteroatoms. The van der Waals surface area contributed by atoms with Crippen LogP contribution in [0.4, 0.5) is 5.13 Å². The molecule has 0 bridgehead atoms. The molecule has 0 saturated carbocycles. The molecular weight excluding hydrogens is 264 g/mol. The molecule has 1 aromatic carbocycles. The molecule has 0 aliphatic rings. The van der Waals surface area contributed by atoms with Gasteiger partial charge in [0.25, 0.3) is 0 Å². The maximum Gasteiger partial charge on any atom is 0.183 e. The number of benzene rings is 1. The predicted octanol–water partition coefficient (Wildman–Crippen LogP) is 5.33. The molecule has 98 valence electrons. The zero-order valence-corrected chi connectivity index (χ0v) is 12.4. The van der Waals surface area contributed by atoms with Crippen molar-refractivity contribution in [1.82, 2.24) is 4.98 Å². The van der Waals surface area contributed by atoms with Crippen LogP contribution in [0, 0.1) is 0 Å². The van der Waals surface area contributed by atoms with E-state index in [9.17, 15) is 0 Å². The van der Waals surface area contributed by atoms with Gasteiger partial charge in [0.15, 0.2) is 5.13 Å². The number of nitrogens with one attached hydrogen (secondary N) is 1. The maximum atomic E-state index is 5.96. The first-order valence-corrected chi connectivity index (χ1v) is 7.71. The number of nitrogens with zero attached hydrogens (tertiary/aromatic N) is 1. The summed E-state index contributed by atoms with van der Waals surface area (Å²) in [5.74, 6) is 0. The van der Waals surface area contributed by atoms with Crippen LogP contribution in [0.2, 0.25) is 5.02 Å². The lowest BCUT2D eigenvalue weighted by Crippen LogP contribution is -2.14. The van der Waals surface area contributed by atoms with E-state index in [0.29, 0.717) is 6.04 Å². The SMILES string of the molecule is CCCCCC(C)Nc1nc2cc(Cl)ccc2s1. The van der Waals surface area contributed by atoms with Crippen molar-refractivity contribution in [2.45, 2.75) is 45.6 Å². The second-order valence-electron chi connectivity index (χ2n) is 4.67. The Balaban J connectivity index is 1.98. The second-order valence-corrected chi connectivity index (χ2v) is 6.14. The molecule has 2 rings (SSSR count). The molecule has 0 fully saturated rings. The van der Waals surface area contributed by atoms with E-state index in [2.05, 4.69) is 24.1 Å². The van der Waals surface area contributed by atoms with E-state index in [-0.39, 0.29) is 0 Å². The average Bonchev–Trinajstić information content (AvgIpc) is 2.70. The topological polar surface area (TPSA) is 24.9 Å². The summed E-state index contributed by atoms with van der Waals surface area (Å²) in [4.78, 5) is 4.56. The first-order valence-electron chi connectivity index (χ1n) is 6.51. The van der Waals surface area contributed by atoms with Crippen molar-refractivity contribution < 1.29 is 0 Å². The number of halogens is 1. The van der Waals surface area contributed by atoms with Crippen LogP contribution < -0.4 is 5.32 Å². The fourth-order valence-corrected chi connectivity index (χ4v) is 3.07. The summed E-state index contributed by atoms with van der Waals surface area (Å²) in [7, 11) is 0. The predicted molar refractivity (Wildman–Crippen MR) is 81.9 cm³/mol. The maximum absolute atomic E-state index is 5.96. The summed E-state index contributed by atoms with van der Waals surface area (Å²) in [5.41, 5.74) is 0.982. The van der Waals surface area contributed by atoms with Gasteiger partial charge in [-0.1, -0.05) is 49.1 Å². The van der Waals surface area contributed by atoms with Gasteiger partial charge in [-0.15, -0.1) is 0 Å². The van der Waals surface area contributed by atoms with E-state index in [1.54, 1.807) is 11.3 Å². The normalized spacial score (nSPS) is 12.8. The van der Waals surface area contributed by atoms with Crippen LogP contribution in [-0.2, 0) is 0 Å². The third-order valence-electron chi connectivity index (χ3n) is 2.96. The van der Waals surface area contributed by atoms with Crippen molar-refractivity contribution in [2.75, 3.05) is 5.32 Å². The lowest BCUT2D eigenvalue weighted by molar-refractivity contribution is 0.615. The van der Waals surface area contributed by atoms with Gasteiger partial charge in [0, 0.05) is 11.1 Å². The Morgan fingerprint density at radius 1 is 1.39 bits per heavy atom. The number of rotatable bonds is 6. The quantitative estimate of drug-likeness (QED) is 0.724. The number of aromatic nitrogens is 1. The number of unbranched alkanes of at least 4 members (excludes halogenated alkanes) is 2. The number of fused-ring (bicyclic) bond motifs is 1. The zero-order valence-electron chi connectivity index (χ0n) is 10.9. The van der Waals surface area contributed by atoms with Crippen molar-refractivity contribution in [3.05, 3.63) is 23.2 Å². The minimum absolute atomic E-state index is 0.479. The third-order valence-corrected chi connectivity index (χ3v) is 4.16. The van der Waals surface area contributed by atoms with Crippen LogP contribution in [0.1, 0.15) is 39.5 Å². The highest BCUT2D eigenvalue weighted by atomic mass is 35.5. The number of anilines is 1. The van der Waals surface area contributed by atoms with Gasteiger partial charge in [0.1, 0.15) is 0 Å². The number of hydrogen-bond donors (Lipinski definition) is 1. The number of hydrogen-bond acceptors (Lipinski definition) is 3. The van der Waals surface area contributed by atoms with Gasteiger partial charge < -0.3 is 5.32 Å². The Bertz CT molecular complexity index is 509. The lowest BCUT2D eigenvalue weighted by atomic mass is 10.1. The molecule has 2 nitrogen and oxygen atoms in total. The van der Waals surface area contributed by atoms with E-state index in [0.717, 1.165) is 15.7 Å². The van der Waals surface area contributed by atoms with Gasteiger partial charge in [-0.25, -0.2) is 4.98 Å². The van der Waals surface area contributed by atoms with E-state index >= 15 is 0 Å². The first-order chi connectivity index (χ1) is 8.69. The average molecular weight is 283 g/mol. The molecule has 18 heavy (non-hydrogen) atoms. The van der Waals surface area contributed by atoms with Crippen molar-refractivity contribution in [1.29, 1.82) is 0 Å². The largest absolute Gasteiger partial charge is 0.359 e. The summed E-state index contributed by atoms with van der Waals surface area (Å²) < 4.78 is 1.18. The van der Waals surface area contributed by atoms with Gasteiger partial charge >= 0.3 is 0 Å². The van der Waals surface area contributed by atoms with Crippen LogP contribution >= 0.6 is 22.9 Å². The highest BCUT2D eigenvalue weighted by Crippen LogP contribution is 2.28. The molecule has 0 aliphatic carbocycles. The smallest absolute Gasteiger partial charge is 0.183 e. The van der Waals surface area contributed by atoms with Crippen LogP contribution in [0.5, 0.6) is 0 Å². The highest BCUT2D eigenvalue weighted by Gasteiger charge is 2.07. The Hall–Kier alpha value is -0.800. The molecule has 1 unspecified atom stereocenters. The monoisotopic (exact) mass is 282 g/mol. The standard InChI is InChI=1S/C14H19ClN2S/c1-3-4-5-6-10(2)16-14-17-12-9-11(15)7-8-13(12)18-14/h7-10H,3-6H2,1-2H3,(H,16,17). The molecule has 0 spiro atoms. The minimum atomic E-state index is 0.479. The Kier molecular flexibility index (Phi) is 4.84. The molecule has 1 aromatic heterocycles. The van der Waals surface area contributed by atoms with Gasteiger partial charge in [-0.3, -0.25) is 0 Å². The third kappa shape index (κ3) is 3.59. The molecule has 2 aromatic rings. The summed E-state index contributed by atoms with van der Waals surface area (Å²) in [6.07, 6.45) is 5.06. The Morgan fingerprint density at radius 2 is 2.22 bits per heavy atom. The first kappa shape index (κ1) is 13.6. The molecule has 0 radical (unpaired) electrons. The molecule has 1 heterocycles. The van der Waals surface area contributed by atoms with E-state index in [1.165, 1.54) is 30.4 Å².